The Morgan fingerprint density at radius 3 is 2.75 bits per heavy atom. The molecule has 1 aromatic heterocycles. The predicted octanol–water partition coefficient (Wildman–Crippen LogP) is -0.802. The monoisotopic (exact) mass is 170 g/mol. The van der Waals surface area contributed by atoms with Gasteiger partial charge in [0.1, 0.15) is 5.60 Å². The Morgan fingerprint density at radius 2 is 2.17 bits per heavy atom. The molecule has 0 unspecified atom stereocenters. The standard InChI is InChI=1S/C6H10N4O2/c11-6(1-3-12-4-2-6)5-7-9-10-8-5/h11H,1-4H2,(H,7,8,9,10). The quantitative estimate of drug-likeness (QED) is 0.576. The number of aromatic nitrogens is 4. The van der Waals surface area contributed by atoms with E-state index in [-0.39, 0.29) is 0 Å². The van der Waals surface area contributed by atoms with Crippen molar-refractivity contribution in [3.8, 4) is 0 Å². The fraction of sp³-hybridized carbons (Fsp3) is 0.833. The maximum Gasteiger partial charge on any atom is 0.206 e. The van der Waals surface area contributed by atoms with Gasteiger partial charge in [-0.25, -0.2) is 0 Å². The van der Waals surface area contributed by atoms with E-state index in [9.17, 15) is 5.11 Å². The van der Waals surface area contributed by atoms with Crippen molar-refractivity contribution in [3.63, 3.8) is 0 Å². The van der Waals surface area contributed by atoms with Crippen molar-refractivity contribution < 1.29 is 9.84 Å². The normalized spacial score (nSPS) is 22.4. The third kappa shape index (κ3) is 1.19. The molecule has 2 heterocycles. The molecule has 6 nitrogen and oxygen atoms in total. The molecule has 2 N–H and O–H groups in total. The smallest absolute Gasteiger partial charge is 0.206 e. The molecule has 2 rings (SSSR count). The van der Waals surface area contributed by atoms with Gasteiger partial charge in [0, 0.05) is 26.1 Å². The van der Waals surface area contributed by atoms with Crippen molar-refractivity contribution in [3.05, 3.63) is 5.82 Å². The Hall–Kier alpha value is -1.01. The predicted molar refractivity (Wildman–Crippen MR) is 38.1 cm³/mol. The van der Waals surface area contributed by atoms with Gasteiger partial charge < -0.3 is 9.84 Å². The van der Waals surface area contributed by atoms with E-state index in [1.54, 1.807) is 0 Å². The van der Waals surface area contributed by atoms with Crippen molar-refractivity contribution in [1.29, 1.82) is 0 Å². The lowest BCUT2D eigenvalue weighted by molar-refractivity contribution is -0.0733. The molecule has 0 aliphatic carbocycles. The zero-order chi connectivity index (χ0) is 8.44. The number of nitrogens with zero attached hydrogens (tertiary/aromatic N) is 3. The fourth-order valence-electron chi connectivity index (χ4n) is 1.29. The van der Waals surface area contributed by atoms with Crippen LogP contribution in [0.4, 0.5) is 0 Å². The van der Waals surface area contributed by atoms with Gasteiger partial charge in [0.25, 0.3) is 0 Å². The third-order valence-corrected chi connectivity index (χ3v) is 2.08. The number of hydrogen-bond acceptors (Lipinski definition) is 5. The molecule has 0 amide bonds. The van der Waals surface area contributed by atoms with Crippen LogP contribution in [0.3, 0.4) is 0 Å². The summed E-state index contributed by atoms with van der Waals surface area (Å²) in [6.07, 6.45) is 1.07. The fourth-order valence-corrected chi connectivity index (χ4v) is 1.29. The number of aliphatic hydroxyl groups is 1. The largest absolute Gasteiger partial charge is 0.382 e. The first kappa shape index (κ1) is 7.63. The number of nitrogens with one attached hydrogen (secondary N) is 1. The molecule has 0 aromatic carbocycles. The Balaban J connectivity index is 2.19. The first-order valence-electron chi connectivity index (χ1n) is 3.85. The molecule has 1 fully saturated rings. The number of hydrogen-bond donors (Lipinski definition) is 2. The minimum Gasteiger partial charge on any atom is -0.382 e. The average Bonchev–Trinajstić information content (AvgIpc) is 2.58. The van der Waals surface area contributed by atoms with Crippen molar-refractivity contribution in [2.75, 3.05) is 13.2 Å². The number of rotatable bonds is 1. The zero-order valence-electron chi connectivity index (χ0n) is 6.53. The van der Waals surface area contributed by atoms with Gasteiger partial charge >= 0.3 is 0 Å². The highest BCUT2D eigenvalue weighted by molar-refractivity contribution is 4.98. The molecule has 0 bridgehead atoms. The van der Waals surface area contributed by atoms with Crippen molar-refractivity contribution in [2.45, 2.75) is 18.4 Å². The Kier molecular flexibility index (Phi) is 1.78. The molecular formula is C6H10N4O2. The van der Waals surface area contributed by atoms with E-state index in [0.717, 1.165) is 0 Å². The minimum absolute atomic E-state index is 0.366. The summed E-state index contributed by atoms with van der Waals surface area (Å²) in [5, 5.41) is 23.2. The molecule has 0 radical (unpaired) electrons. The second kappa shape index (κ2) is 2.80. The molecule has 0 atom stereocenters. The van der Waals surface area contributed by atoms with E-state index in [1.165, 1.54) is 0 Å². The zero-order valence-corrected chi connectivity index (χ0v) is 6.53. The van der Waals surface area contributed by atoms with Crippen LogP contribution in [0.25, 0.3) is 0 Å². The van der Waals surface area contributed by atoms with Gasteiger partial charge in [-0.3, -0.25) is 0 Å². The molecule has 12 heavy (non-hydrogen) atoms. The summed E-state index contributed by atoms with van der Waals surface area (Å²) in [4.78, 5) is 0. The maximum atomic E-state index is 9.97. The van der Waals surface area contributed by atoms with Gasteiger partial charge in [0.15, 0.2) is 0 Å². The molecule has 0 saturated carbocycles. The van der Waals surface area contributed by atoms with Crippen LogP contribution in [0, 0.1) is 0 Å². The van der Waals surface area contributed by atoms with Gasteiger partial charge in [0.2, 0.25) is 5.82 Å². The first-order chi connectivity index (χ1) is 5.81. The second-order valence-electron chi connectivity index (χ2n) is 2.88. The van der Waals surface area contributed by atoms with E-state index in [4.69, 9.17) is 4.74 Å². The lowest BCUT2D eigenvalue weighted by Gasteiger charge is -2.28. The summed E-state index contributed by atoms with van der Waals surface area (Å²) in [5.74, 6) is 0.366. The van der Waals surface area contributed by atoms with E-state index in [2.05, 4.69) is 20.6 Å². The van der Waals surface area contributed by atoms with Crippen LogP contribution in [-0.4, -0.2) is 38.9 Å². The topological polar surface area (TPSA) is 83.9 Å². The molecule has 1 aliphatic rings. The average molecular weight is 170 g/mol. The molecule has 6 heteroatoms. The highest BCUT2D eigenvalue weighted by Crippen LogP contribution is 2.28. The summed E-state index contributed by atoms with van der Waals surface area (Å²) in [6, 6.07) is 0. The SMILES string of the molecule is OC1(c2nn[nH]n2)CCOCC1. The summed E-state index contributed by atoms with van der Waals surface area (Å²) in [7, 11) is 0. The third-order valence-electron chi connectivity index (χ3n) is 2.08. The van der Waals surface area contributed by atoms with E-state index >= 15 is 0 Å². The van der Waals surface area contributed by atoms with Gasteiger partial charge in [-0.2, -0.15) is 5.21 Å². The molecule has 0 spiro atoms. The van der Waals surface area contributed by atoms with Crippen LogP contribution in [0.1, 0.15) is 18.7 Å². The summed E-state index contributed by atoms with van der Waals surface area (Å²) in [5.41, 5.74) is -0.939. The summed E-state index contributed by atoms with van der Waals surface area (Å²) in [6.45, 7) is 1.09. The van der Waals surface area contributed by atoms with Crippen LogP contribution in [0.2, 0.25) is 0 Å². The van der Waals surface area contributed by atoms with Gasteiger partial charge in [-0.1, -0.05) is 5.21 Å². The van der Waals surface area contributed by atoms with Gasteiger partial charge in [-0.05, 0) is 0 Å². The van der Waals surface area contributed by atoms with Crippen molar-refractivity contribution in [2.24, 2.45) is 0 Å². The minimum atomic E-state index is -0.939. The number of aromatic amines is 1. The number of ether oxygens (including phenoxy) is 1. The van der Waals surface area contributed by atoms with Crippen molar-refractivity contribution in [1.82, 2.24) is 20.6 Å². The first-order valence-corrected chi connectivity index (χ1v) is 3.85. The lowest BCUT2D eigenvalue weighted by Crippen LogP contribution is -2.34. The highest BCUT2D eigenvalue weighted by atomic mass is 16.5. The maximum absolute atomic E-state index is 9.97. The number of H-pyrrole nitrogens is 1. The summed E-state index contributed by atoms with van der Waals surface area (Å²) >= 11 is 0. The summed E-state index contributed by atoms with van der Waals surface area (Å²) < 4.78 is 5.12. The van der Waals surface area contributed by atoms with Gasteiger partial charge in [0.05, 0.1) is 0 Å². The van der Waals surface area contributed by atoms with Crippen LogP contribution in [0.15, 0.2) is 0 Å². The Bertz CT molecular complexity index is 242. The highest BCUT2D eigenvalue weighted by Gasteiger charge is 2.35. The molecule has 66 valence electrons. The van der Waals surface area contributed by atoms with Crippen LogP contribution in [-0.2, 0) is 10.3 Å². The Labute approximate surface area is 68.9 Å². The number of tetrazole rings is 1. The van der Waals surface area contributed by atoms with Crippen LogP contribution in [0.5, 0.6) is 0 Å². The van der Waals surface area contributed by atoms with E-state index in [0.29, 0.717) is 31.9 Å². The van der Waals surface area contributed by atoms with Crippen LogP contribution < -0.4 is 0 Å². The van der Waals surface area contributed by atoms with Gasteiger partial charge in [-0.15, -0.1) is 10.2 Å². The van der Waals surface area contributed by atoms with Crippen molar-refractivity contribution >= 4 is 0 Å². The molecular weight excluding hydrogens is 160 g/mol. The molecule has 1 aromatic rings. The van der Waals surface area contributed by atoms with E-state index < -0.39 is 5.60 Å². The second-order valence-corrected chi connectivity index (χ2v) is 2.88. The van der Waals surface area contributed by atoms with E-state index in [1.807, 2.05) is 0 Å². The Morgan fingerprint density at radius 1 is 1.42 bits per heavy atom. The lowest BCUT2D eigenvalue weighted by atomic mass is 9.94. The molecule has 1 saturated heterocycles. The van der Waals surface area contributed by atoms with Crippen LogP contribution >= 0.6 is 0 Å². The molecule has 1 aliphatic heterocycles.